The molecular weight excluding hydrogens is 196 g/mol. The highest BCUT2D eigenvalue weighted by molar-refractivity contribution is 5.69. The van der Waals surface area contributed by atoms with Crippen molar-refractivity contribution in [3.05, 3.63) is 24.3 Å². The highest BCUT2D eigenvalue weighted by Gasteiger charge is 1.98. The summed E-state index contributed by atoms with van der Waals surface area (Å²) in [6, 6.07) is 6.70. The highest BCUT2D eigenvalue weighted by Crippen LogP contribution is 2.16. The number of nitrogens with one attached hydrogen (secondary N) is 1. The smallest absolute Gasteiger partial charge is 0.308 e. The number of carbonyl (C=O) groups excluding carboxylic acids is 1. The van der Waals surface area contributed by atoms with Crippen molar-refractivity contribution < 1.29 is 14.4 Å². The molecule has 82 valence electrons. The third-order valence-corrected chi connectivity index (χ3v) is 1.52. The predicted molar refractivity (Wildman–Crippen MR) is 55.4 cm³/mol. The number of rotatable bonds is 5. The lowest BCUT2D eigenvalue weighted by atomic mass is 10.3. The van der Waals surface area contributed by atoms with Gasteiger partial charge in [-0.1, -0.05) is 0 Å². The van der Waals surface area contributed by atoms with Crippen LogP contribution in [0.3, 0.4) is 0 Å². The molecule has 5 heteroatoms. The first kappa shape index (κ1) is 11.5. The van der Waals surface area contributed by atoms with Crippen LogP contribution in [0, 0.1) is 0 Å². The fourth-order valence-corrected chi connectivity index (χ4v) is 0.935. The number of hydroxylamine groups is 1. The number of benzene rings is 1. The van der Waals surface area contributed by atoms with E-state index in [2.05, 4.69) is 5.48 Å². The fraction of sp³-hybridized carbons (Fsp3) is 0.300. The molecule has 1 aromatic carbocycles. The predicted octanol–water partition coefficient (Wildman–Crippen LogP) is 0.454. The lowest BCUT2D eigenvalue weighted by Crippen LogP contribution is -2.25. The van der Waals surface area contributed by atoms with Gasteiger partial charge in [-0.3, -0.25) is 4.79 Å². The summed E-state index contributed by atoms with van der Waals surface area (Å²) in [5.41, 5.74) is 7.95. The minimum absolute atomic E-state index is 0.343. The molecule has 0 saturated heterocycles. The Bertz CT molecular complexity index is 311. The molecule has 1 aromatic rings. The Morgan fingerprint density at radius 3 is 2.47 bits per heavy atom. The molecule has 0 atom stereocenters. The van der Waals surface area contributed by atoms with Gasteiger partial charge in [0.15, 0.2) is 0 Å². The standard InChI is InChI=1S/C10H14N2O3/c1-8(13)14-9-2-4-10(5-3-9)15-12-7-6-11/h2-5,12H,6-7,11H2,1H3. The van der Waals surface area contributed by atoms with E-state index >= 15 is 0 Å². The molecule has 0 aromatic heterocycles. The Kier molecular flexibility index (Phi) is 4.59. The molecule has 0 radical (unpaired) electrons. The zero-order valence-electron chi connectivity index (χ0n) is 8.53. The third kappa shape index (κ3) is 4.44. The van der Waals surface area contributed by atoms with E-state index in [0.29, 0.717) is 24.6 Å². The van der Waals surface area contributed by atoms with Crippen LogP contribution in [0.5, 0.6) is 11.5 Å². The van der Waals surface area contributed by atoms with Crippen molar-refractivity contribution in [1.82, 2.24) is 5.48 Å². The van der Waals surface area contributed by atoms with Crippen molar-refractivity contribution in [2.24, 2.45) is 5.73 Å². The molecule has 0 aliphatic heterocycles. The molecule has 0 aliphatic rings. The van der Waals surface area contributed by atoms with Gasteiger partial charge in [0.2, 0.25) is 0 Å². The molecule has 0 heterocycles. The molecule has 0 amide bonds. The summed E-state index contributed by atoms with van der Waals surface area (Å²) in [6.07, 6.45) is 0. The van der Waals surface area contributed by atoms with E-state index in [1.165, 1.54) is 6.92 Å². The molecule has 0 unspecified atom stereocenters. The van der Waals surface area contributed by atoms with Gasteiger partial charge < -0.3 is 15.3 Å². The van der Waals surface area contributed by atoms with Gasteiger partial charge in [-0.2, -0.15) is 5.48 Å². The topological polar surface area (TPSA) is 73.6 Å². The van der Waals surface area contributed by atoms with E-state index in [9.17, 15) is 4.79 Å². The number of esters is 1. The molecule has 0 fully saturated rings. The molecule has 3 N–H and O–H groups in total. The second-order valence-corrected chi connectivity index (χ2v) is 2.85. The molecule has 15 heavy (non-hydrogen) atoms. The minimum atomic E-state index is -0.343. The van der Waals surface area contributed by atoms with Gasteiger partial charge in [-0.25, -0.2) is 0 Å². The minimum Gasteiger partial charge on any atom is -0.427 e. The van der Waals surface area contributed by atoms with Gasteiger partial charge in [0.05, 0.1) is 0 Å². The maximum atomic E-state index is 10.6. The SMILES string of the molecule is CC(=O)Oc1ccc(ONCCN)cc1. The Morgan fingerprint density at radius 2 is 1.93 bits per heavy atom. The van der Waals surface area contributed by atoms with Crippen LogP contribution in [0.15, 0.2) is 24.3 Å². The lowest BCUT2D eigenvalue weighted by molar-refractivity contribution is -0.131. The molecule has 0 bridgehead atoms. The molecule has 5 nitrogen and oxygen atoms in total. The van der Waals surface area contributed by atoms with Gasteiger partial charge in [0.25, 0.3) is 0 Å². The van der Waals surface area contributed by atoms with Crippen LogP contribution in [0.1, 0.15) is 6.92 Å². The van der Waals surface area contributed by atoms with Crippen LogP contribution in [-0.4, -0.2) is 19.1 Å². The zero-order chi connectivity index (χ0) is 11.1. The van der Waals surface area contributed by atoms with E-state index < -0.39 is 0 Å². The molecule has 0 aliphatic carbocycles. The maximum absolute atomic E-state index is 10.6. The summed E-state index contributed by atoms with van der Waals surface area (Å²) in [5.74, 6) is 0.790. The van der Waals surface area contributed by atoms with Crippen LogP contribution in [0.4, 0.5) is 0 Å². The van der Waals surface area contributed by atoms with Gasteiger partial charge in [-0.05, 0) is 24.3 Å². The van der Waals surface area contributed by atoms with E-state index in [1.54, 1.807) is 24.3 Å². The highest BCUT2D eigenvalue weighted by atomic mass is 16.6. The van der Waals surface area contributed by atoms with Crippen LogP contribution < -0.4 is 20.8 Å². The second kappa shape index (κ2) is 6.00. The van der Waals surface area contributed by atoms with Crippen molar-refractivity contribution in [2.75, 3.05) is 13.1 Å². The third-order valence-electron chi connectivity index (χ3n) is 1.52. The normalized spacial score (nSPS) is 9.73. The van der Waals surface area contributed by atoms with Gasteiger partial charge in [0.1, 0.15) is 11.5 Å². The summed E-state index contributed by atoms with van der Waals surface area (Å²) < 4.78 is 4.86. The number of ether oxygens (including phenoxy) is 1. The van der Waals surface area contributed by atoms with Crippen LogP contribution in [0.25, 0.3) is 0 Å². The summed E-state index contributed by atoms with van der Waals surface area (Å²) in [7, 11) is 0. The summed E-state index contributed by atoms with van der Waals surface area (Å²) in [6.45, 7) is 2.43. The van der Waals surface area contributed by atoms with Crippen molar-refractivity contribution in [2.45, 2.75) is 6.92 Å². The summed E-state index contributed by atoms with van der Waals surface area (Å²) in [5, 5.41) is 0. The average molecular weight is 210 g/mol. The maximum Gasteiger partial charge on any atom is 0.308 e. The Labute approximate surface area is 88.1 Å². The Hall–Kier alpha value is -1.59. The molecule has 0 saturated carbocycles. The number of carbonyl (C=O) groups is 1. The van der Waals surface area contributed by atoms with Crippen molar-refractivity contribution >= 4 is 5.97 Å². The second-order valence-electron chi connectivity index (χ2n) is 2.85. The average Bonchev–Trinajstić information content (AvgIpc) is 2.20. The van der Waals surface area contributed by atoms with E-state index in [0.717, 1.165) is 0 Å². The van der Waals surface area contributed by atoms with Gasteiger partial charge in [-0.15, -0.1) is 0 Å². The number of nitrogens with two attached hydrogens (primary N) is 1. The van der Waals surface area contributed by atoms with Crippen molar-refractivity contribution in [1.29, 1.82) is 0 Å². The van der Waals surface area contributed by atoms with Crippen LogP contribution in [0.2, 0.25) is 0 Å². The number of hydrogen-bond acceptors (Lipinski definition) is 5. The largest absolute Gasteiger partial charge is 0.427 e. The Balaban J connectivity index is 2.45. The fourth-order valence-electron chi connectivity index (χ4n) is 0.935. The summed E-state index contributed by atoms with van der Waals surface area (Å²) >= 11 is 0. The first-order valence-electron chi connectivity index (χ1n) is 4.60. The summed E-state index contributed by atoms with van der Waals surface area (Å²) in [4.78, 5) is 15.8. The molecular formula is C10H14N2O3. The first-order chi connectivity index (χ1) is 7.22. The van der Waals surface area contributed by atoms with Gasteiger partial charge in [0, 0.05) is 20.0 Å². The van der Waals surface area contributed by atoms with Crippen LogP contribution >= 0.6 is 0 Å². The van der Waals surface area contributed by atoms with Crippen LogP contribution in [-0.2, 0) is 4.79 Å². The lowest BCUT2D eigenvalue weighted by Gasteiger charge is -2.06. The van der Waals surface area contributed by atoms with E-state index in [1.807, 2.05) is 0 Å². The zero-order valence-corrected chi connectivity index (χ0v) is 8.53. The molecule has 1 rings (SSSR count). The quantitative estimate of drug-likeness (QED) is 0.319. The first-order valence-corrected chi connectivity index (χ1v) is 4.60. The Morgan fingerprint density at radius 1 is 1.33 bits per heavy atom. The monoisotopic (exact) mass is 210 g/mol. The van der Waals surface area contributed by atoms with Gasteiger partial charge >= 0.3 is 5.97 Å². The van der Waals surface area contributed by atoms with E-state index in [-0.39, 0.29) is 5.97 Å². The number of hydrogen-bond donors (Lipinski definition) is 2. The van der Waals surface area contributed by atoms with Crippen molar-refractivity contribution in [3.63, 3.8) is 0 Å². The van der Waals surface area contributed by atoms with E-state index in [4.69, 9.17) is 15.3 Å². The van der Waals surface area contributed by atoms with Crippen molar-refractivity contribution in [3.8, 4) is 11.5 Å². The molecule has 0 spiro atoms.